The standard InChI is InChI=1S/C15H20N2O/c16-14-7-2-1-4-11(14)8-15(18)17-9-12-5-3-6-13(12)10-17/h1-2,4,7,12-13H,3,5-6,8-10,16H2. The maximum Gasteiger partial charge on any atom is 0.227 e. The first kappa shape index (κ1) is 11.6. The Morgan fingerprint density at radius 1 is 1.22 bits per heavy atom. The zero-order valence-electron chi connectivity index (χ0n) is 10.6. The van der Waals surface area contributed by atoms with Gasteiger partial charge in [0.2, 0.25) is 5.91 Å². The molecular weight excluding hydrogens is 224 g/mol. The zero-order valence-corrected chi connectivity index (χ0v) is 10.6. The minimum Gasteiger partial charge on any atom is -0.398 e. The van der Waals surface area contributed by atoms with Crippen molar-refractivity contribution in [1.82, 2.24) is 4.90 Å². The number of nitrogens with zero attached hydrogens (tertiary/aromatic N) is 1. The molecule has 96 valence electrons. The molecule has 0 radical (unpaired) electrons. The van der Waals surface area contributed by atoms with Crippen LogP contribution in [0.3, 0.4) is 0 Å². The molecule has 2 fully saturated rings. The highest BCUT2D eigenvalue weighted by molar-refractivity contribution is 5.80. The normalized spacial score (nSPS) is 26.3. The Hall–Kier alpha value is -1.51. The van der Waals surface area contributed by atoms with Crippen LogP contribution in [0, 0.1) is 11.8 Å². The molecule has 1 aromatic carbocycles. The van der Waals surface area contributed by atoms with Crippen molar-refractivity contribution in [2.24, 2.45) is 11.8 Å². The number of likely N-dealkylation sites (tertiary alicyclic amines) is 1. The second kappa shape index (κ2) is 4.63. The lowest BCUT2D eigenvalue weighted by Crippen LogP contribution is -2.31. The fraction of sp³-hybridized carbons (Fsp3) is 0.533. The Bertz CT molecular complexity index is 446. The van der Waals surface area contributed by atoms with Gasteiger partial charge < -0.3 is 10.6 Å². The summed E-state index contributed by atoms with van der Waals surface area (Å²) in [7, 11) is 0. The number of carbonyl (C=O) groups is 1. The molecule has 1 heterocycles. The molecule has 1 aliphatic heterocycles. The van der Waals surface area contributed by atoms with Gasteiger partial charge in [0.05, 0.1) is 6.42 Å². The van der Waals surface area contributed by atoms with Gasteiger partial charge in [-0.2, -0.15) is 0 Å². The summed E-state index contributed by atoms with van der Waals surface area (Å²) in [5.41, 5.74) is 7.57. The summed E-state index contributed by atoms with van der Waals surface area (Å²) < 4.78 is 0. The number of rotatable bonds is 2. The maximum absolute atomic E-state index is 12.3. The summed E-state index contributed by atoms with van der Waals surface area (Å²) in [5.74, 6) is 1.77. The van der Waals surface area contributed by atoms with Gasteiger partial charge in [-0.1, -0.05) is 24.6 Å². The van der Waals surface area contributed by atoms with E-state index in [-0.39, 0.29) is 5.91 Å². The Balaban J connectivity index is 1.64. The second-order valence-corrected chi connectivity index (χ2v) is 5.63. The minimum absolute atomic E-state index is 0.238. The number of benzene rings is 1. The number of nitrogens with two attached hydrogens (primary N) is 1. The molecule has 0 spiro atoms. The summed E-state index contributed by atoms with van der Waals surface area (Å²) in [6.07, 6.45) is 4.42. The highest BCUT2D eigenvalue weighted by Gasteiger charge is 2.37. The number of para-hydroxylation sites is 1. The van der Waals surface area contributed by atoms with E-state index in [2.05, 4.69) is 0 Å². The summed E-state index contributed by atoms with van der Waals surface area (Å²) >= 11 is 0. The molecule has 1 saturated heterocycles. The fourth-order valence-electron chi connectivity index (χ4n) is 3.41. The van der Waals surface area contributed by atoms with Crippen molar-refractivity contribution in [2.45, 2.75) is 25.7 Å². The van der Waals surface area contributed by atoms with Crippen LogP contribution in [0.4, 0.5) is 5.69 Å². The molecule has 0 aromatic heterocycles. The maximum atomic E-state index is 12.3. The van der Waals surface area contributed by atoms with Crippen molar-refractivity contribution >= 4 is 11.6 Å². The summed E-state index contributed by atoms with van der Waals surface area (Å²) in [6.45, 7) is 1.94. The van der Waals surface area contributed by atoms with Crippen LogP contribution in [0.1, 0.15) is 24.8 Å². The molecule has 1 aliphatic carbocycles. The van der Waals surface area contributed by atoms with E-state index in [1.54, 1.807) is 0 Å². The van der Waals surface area contributed by atoms with E-state index < -0.39 is 0 Å². The third-order valence-corrected chi connectivity index (χ3v) is 4.48. The molecule has 2 atom stereocenters. The number of hydrogen-bond acceptors (Lipinski definition) is 2. The van der Waals surface area contributed by atoms with Crippen molar-refractivity contribution < 1.29 is 4.79 Å². The Kier molecular flexibility index (Phi) is 2.98. The molecule has 18 heavy (non-hydrogen) atoms. The molecule has 1 amide bonds. The van der Waals surface area contributed by atoms with Crippen molar-refractivity contribution in [3.63, 3.8) is 0 Å². The third-order valence-electron chi connectivity index (χ3n) is 4.48. The van der Waals surface area contributed by atoms with Gasteiger partial charge in [-0.15, -0.1) is 0 Å². The van der Waals surface area contributed by atoms with Gasteiger partial charge in [-0.3, -0.25) is 4.79 Å². The molecule has 2 N–H and O–H groups in total. The molecule has 3 rings (SSSR count). The Morgan fingerprint density at radius 2 is 1.89 bits per heavy atom. The van der Waals surface area contributed by atoms with E-state index in [0.717, 1.165) is 36.2 Å². The average molecular weight is 244 g/mol. The molecule has 2 unspecified atom stereocenters. The quantitative estimate of drug-likeness (QED) is 0.809. The van der Waals surface area contributed by atoms with Crippen molar-refractivity contribution in [2.75, 3.05) is 18.8 Å². The van der Waals surface area contributed by atoms with Crippen LogP contribution in [-0.4, -0.2) is 23.9 Å². The number of fused-ring (bicyclic) bond motifs is 1. The van der Waals surface area contributed by atoms with E-state index in [0.29, 0.717) is 6.42 Å². The first-order chi connectivity index (χ1) is 8.74. The lowest BCUT2D eigenvalue weighted by molar-refractivity contribution is -0.129. The summed E-state index contributed by atoms with van der Waals surface area (Å²) in [4.78, 5) is 14.3. The zero-order chi connectivity index (χ0) is 12.5. The molecule has 2 aliphatic rings. The average Bonchev–Trinajstić information content (AvgIpc) is 2.92. The molecule has 3 nitrogen and oxygen atoms in total. The summed E-state index contributed by atoms with van der Waals surface area (Å²) in [6, 6.07) is 7.66. The lowest BCUT2D eigenvalue weighted by Gasteiger charge is -2.17. The second-order valence-electron chi connectivity index (χ2n) is 5.63. The molecular formula is C15H20N2O. The number of anilines is 1. The third kappa shape index (κ3) is 2.09. The Morgan fingerprint density at radius 3 is 2.56 bits per heavy atom. The van der Waals surface area contributed by atoms with Crippen LogP contribution >= 0.6 is 0 Å². The SMILES string of the molecule is Nc1ccccc1CC(=O)N1CC2CCCC2C1. The van der Waals surface area contributed by atoms with Crippen molar-refractivity contribution in [1.29, 1.82) is 0 Å². The Labute approximate surface area is 108 Å². The van der Waals surface area contributed by atoms with Gasteiger partial charge >= 0.3 is 0 Å². The highest BCUT2D eigenvalue weighted by Crippen LogP contribution is 2.37. The van der Waals surface area contributed by atoms with Crippen LogP contribution in [0.25, 0.3) is 0 Å². The van der Waals surface area contributed by atoms with Crippen LogP contribution in [-0.2, 0) is 11.2 Å². The number of hydrogen-bond donors (Lipinski definition) is 1. The highest BCUT2D eigenvalue weighted by atomic mass is 16.2. The number of nitrogen functional groups attached to an aromatic ring is 1. The molecule has 1 aromatic rings. The molecule has 3 heteroatoms. The van der Waals surface area contributed by atoms with E-state index in [1.807, 2.05) is 29.2 Å². The first-order valence-electron chi connectivity index (χ1n) is 6.85. The monoisotopic (exact) mass is 244 g/mol. The van der Waals surface area contributed by atoms with Gasteiger partial charge in [0, 0.05) is 18.8 Å². The predicted molar refractivity (Wildman–Crippen MR) is 72.0 cm³/mol. The van der Waals surface area contributed by atoms with Gasteiger partial charge in [0.15, 0.2) is 0 Å². The van der Waals surface area contributed by atoms with Gasteiger partial charge in [-0.05, 0) is 36.3 Å². The van der Waals surface area contributed by atoms with Crippen molar-refractivity contribution in [3.05, 3.63) is 29.8 Å². The fourth-order valence-corrected chi connectivity index (χ4v) is 3.41. The van der Waals surface area contributed by atoms with E-state index in [4.69, 9.17) is 5.73 Å². The summed E-state index contributed by atoms with van der Waals surface area (Å²) in [5, 5.41) is 0. The van der Waals surface area contributed by atoms with Gasteiger partial charge in [0.25, 0.3) is 0 Å². The van der Waals surface area contributed by atoms with E-state index in [1.165, 1.54) is 19.3 Å². The largest absolute Gasteiger partial charge is 0.398 e. The smallest absolute Gasteiger partial charge is 0.227 e. The predicted octanol–water partition coefficient (Wildman–Crippen LogP) is 2.07. The van der Waals surface area contributed by atoms with E-state index in [9.17, 15) is 4.79 Å². The first-order valence-corrected chi connectivity index (χ1v) is 6.85. The molecule has 1 saturated carbocycles. The van der Waals surface area contributed by atoms with E-state index >= 15 is 0 Å². The van der Waals surface area contributed by atoms with Crippen LogP contribution in [0.15, 0.2) is 24.3 Å². The van der Waals surface area contributed by atoms with Crippen LogP contribution in [0.2, 0.25) is 0 Å². The minimum atomic E-state index is 0.238. The number of carbonyl (C=O) groups excluding carboxylic acids is 1. The topological polar surface area (TPSA) is 46.3 Å². The lowest BCUT2D eigenvalue weighted by atomic mass is 10.0. The van der Waals surface area contributed by atoms with Gasteiger partial charge in [-0.25, -0.2) is 0 Å². The van der Waals surface area contributed by atoms with Gasteiger partial charge in [0.1, 0.15) is 0 Å². The van der Waals surface area contributed by atoms with Crippen LogP contribution < -0.4 is 5.73 Å². The molecule has 0 bridgehead atoms. The number of amides is 1. The van der Waals surface area contributed by atoms with Crippen molar-refractivity contribution in [3.8, 4) is 0 Å². The van der Waals surface area contributed by atoms with Crippen LogP contribution in [0.5, 0.6) is 0 Å².